The summed E-state index contributed by atoms with van der Waals surface area (Å²) in [5.74, 6) is -2.37. The van der Waals surface area contributed by atoms with Crippen molar-refractivity contribution in [3.63, 3.8) is 0 Å². The molecule has 0 radical (unpaired) electrons. The monoisotopic (exact) mass is 451 g/mol. The normalized spacial score (nSPS) is 28.4. The van der Waals surface area contributed by atoms with Crippen molar-refractivity contribution in [3.8, 4) is 0 Å². The summed E-state index contributed by atoms with van der Waals surface area (Å²) in [5.41, 5.74) is 2.09. The summed E-state index contributed by atoms with van der Waals surface area (Å²) in [6.45, 7) is 1.96. The van der Waals surface area contributed by atoms with Crippen LogP contribution in [0.2, 0.25) is 0 Å². The minimum absolute atomic E-state index is 0.0403. The number of carbonyl (C=O) groups is 3. The van der Waals surface area contributed by atoms with Crippen LogP contribution in [0.5, 0.6) is 0 Å². The molecule has 3 aromatic carbocycles. The van der Waals surface area contributed by atoms with Gasteiger partial charge >= 0.3 is 5.97 Å². The van der Waals surface area contributed by atoms with Crippen LogP contribution in [0.15, 0.2) is 72.3 Å². The Morgan fingerprint density at radius 1 is 1.06 bits per heavy atom. The zero-order valence-electron chi connectivity index (χ0n) is 19.2. The number of ether oxygens (including phenoxy) is 1. The summed E-state index contributed by atoms with van der Waals surface area (Å²) < 4.78 is 5.44. The van der Waals surface area contributed by atoms with Crippen LogP contribution in [0.1, 0.15) is 24.5 Å². The lowest BCUT2D eigenvalue weighted by atomic mass is 9.60. The first-order chi connectivity index (χ1) is 16.5. The lowest BCUT2D eigenvalue weighted by Crippen LogP contribution is -2.54. The second-order valence-corrected chi connectivity index (χ2v) is 9.41. The number of likely N-dealkylation sites (N-methyl/N-ethyl adjacent to an activating group) is 1. The summed E-state index contributed by atoms with van der Waals surface area (Å²) in [6, 6.07) is 21.7. The number of para-hydroxylation sites is 1. The number of benzene rings is 3. The number of esters is 1. The van der Waals surface area contributed by atoms with Gasteiger partial charge in [0.05, 0.1) is 17.9 Å². The van der Waals surface area contributed by atoms with Gasteiger partial charge in [0.2, 0.25) is 5.91 Å². The molecule has 1 amide bonds. The van der Waals surface area contributed by atoms with Crippen molar-refractivity contribution in [1.29, 1.82) is 0 Å². The molecular weight excluding hydrogens is 426 g/mol. The molecule has 2 aliphatic carbocycles. The second-order valence-electron chi connectivity index (χ2n) is 9.41. The van der Waals surface area contributed by atoms with Gasteiger partial charge in [-0.15, -0.1) is 0 Å². The predicted octanol–water partition coefficient (Wildman–Crippen LogP) is 4.54. The maximum atomic E-state index is 14.0. The highest BCUT2D eigenvalue weighted by atomic mass is 16.5. The van der Waals surface area contributed by atoms with Crippen LogP contribution in [0, 0.1) is 17.8 Å². The van der Waals surface area contributed by atoms with Gasteiger partial charge < -0.3 is 9.64 Å². The van der Waals surface area contributed by atoms with Crippen molar-refractivity contribution in [2.45, 2.75) is 18.8 Å². The molecule has 1 heterocycles. The van der Waals surface area contributed by atoms with Gasteiger partial charge in [-0.25, -0.2) is 0 Å². The molecule has 34 heavy (non-hydrogen) atoms. The largest absolute Gasteiger partial charge is 0.466 e. The molecule has 5 nitrogen and oxygen atoms in total. The Morgan fingerprint density at radius 3 is 2.62 bits per heavy atom. The molecule has 170 valence electrons. The van der Waals surface area contributed by atoms with Gasteiger partial charge in [-0.05, 0) is 47.4 Å². The van der Waals surface area contributed by atoms with Gasteiger partial charge in [-0.3, -0.25) is 14.4 Å². The van der Waals surface area contributed by atoms with Gasteiger partial charge in [0.25, 0.3) is 0 Å². The molecule has 2 saturated carbocycles. The molecular formula is C29H25NO4. The minimum atomic E-state index is -1.12. The third-order valence-corrected chi connectivity index (χ3v) is 7.97. The van der Waals surface area contributed by atoms with Crippen LogP contribution in [0.25, 0.3) is 16.8 Å². The minimum Gasteiger partial charge on any atom is -0.466 e. The number of fused-ring (bicyclic) bond motifs is 6. The Balaban J connectivity index is 1.58. The number of allylic oxidation sites excluding steroid dienone is 1. The van der Waals surface area contributed by atoms with Crippen LogP contribution in [-0.4, -0.2) is 31.3 Å². The van der Waals surface area contributed by atoms with E-state index >= 15 is 0 Å². The summed E-state index contributed by atoms with van der Waals surface area (Å²) in [4.78, 5) is 42.6. The molecule has 2 bridgehead atoms. The van der Waals surface area contributed by atoms with Crippen LogP contribution >= 0.6 is 0 Å². The molecule has 3 aromatic rings. The van der Waals surface area contributed by atoms with Crippen molar-refractivity contribution >= 4 is 40.2 Å². The first-order valence-electron chi connectivity index (χ1n) is 11.8. The van der Waals surface area contributed by atoms with Crippen LogP contribution in [0.4, 0.5) is 5.69 Å². The third-order valence-electron chi connectivity index (χ3n) is 7.97. The number of amides is 1. The summed E-state index contributed by atoms with van der Waals surface area (Å²) in [6.07, 6.45) is 2.43. The molecule has 2 fully saturated rings. The molecule has 5 heteroatoms. The van der Waals surface area contributed by atoms with Gasteiger partial charge in [-0.2, -0.15) is 0 Å². The fourth-order valence-electron chi connectivity index (χ4n) is 6.68. The van der Waals surface area contributed by atoms with E-state index in [0.717, 1.165) is 27.6 Å². The molecule has 0 N–H and O–H groups in total. The van der Waals surface area contributed by atoms with E-state index in [1.165, 1.54) is 0 Å². The van der Waals surface area contributed by atoms with Gasteiger partial charge in [0.15, 0.2) is 5.78 Å². The summed E-state index contributed by atoms with van der Waals surface area (Å²) in [5, 5.41) is 2.15. The van der Waals surface area contributed by atoms with E-state index in [-0.39, 0.29) is 24.2 Å². The number of Topliss-reactive ketones (excluding diaryl/α,β-unsaturated/α-hetero) is 1. The third kappa shape index (κ3) is 2.52. The number of ketones is 1. The van der Waals surface area contributed by atoms with E-state index in [2.05, 4.69) is 0 Å². The Labute approximate surface area is 198 Å². The van der Waals surface area contributed by atoms with Crippen molar-refractivity contribution in [2.75, 3.05) is 18.6 Å². The molecule has 4 atom stereocenters. The second kappa shape index (κ2) is 7.39. The molecule has 0 saturated heterocycles. The van der Waals surface area contributed by atoms with Crippen LogP contribution < -0.4 is 4.90 Å². The topological polar surface area (TPSA) is 63.7 Å². The highest BCUT2D eigenvalue weighted by Gasteiger charge is 2.73. The van der Waals surface area contributed by atoms with Crippen molar-refractivity contribution in [1.82, 2.24) is 0 Å². The quantitative estimate of drug-likeness (QED) is 0.433. The van der Waals surface area contributed by atoms with Gasteiger partial charge in [0.1, 0.15) is 0 Å². The average molecular weight is 452 g/mol. The van der Waals surface area contributed by atoms with E-state index < -0.39 is 23.2 Å². The van der Waals surface area contributed by atoms with E-state index in [0.29, 0.717) is 12.0 Å². The molecule has 1 aliphatic heterocycles. The summed E-state index contributed by atoms with van der Waals surface area (Å²) in [7, 11) is 1.75. The highest BCUT2D eigenvalue weighted by Crippen LogP contribution is 2.65. The number of anilines is 1. The van der Waals surface area contributed by atoms with E-state index in [1.807, 2.05) is 72.8 Å². The van der Waals surface area contributed by atoms with Gasteiger partial charge in [-0.1, -0.05) is 60.7 Å². The molecule has 0 unspecified atom stereocenters. The van der Waals surface area contributed by atoms with E-state index in [9.17, 15) is 14.4 Å². The van der Waals surface area contributed by atoms with Crippen LogP contribution in [0.3, 0.4) is 0 Å². The average Bonchev–Trinajstić information content (AvgIpc) is 3.44. The number of nitrogens with zero attached hydrogens (tertiary/aromatic N) is 1. The number of rotatable bonds is 3. The Morgan fingerprint density at radius 2 is 1.79 bits per heavy atom. The fraction of sp³-hybridized carbons (Fsp3) is 0.276. The standard InChI is InChI=1S/C29H25NO4/c1-3-34-27(32)25-21-16-23(29(25)22-13-6-7-14-24(22)30(2)28(29)33)20(26(21)31)15-18-11-8-10-17-9-4-5-12-19(17)18/h4-15,21,23,25H,3,16H2,1-2H3/b20-15+/t21-,23-,25-,29+/m0/s1. The maximum absolute atomic E-state index is 14.0. The Kier molecular flexibility index (Phi) is 4.53. The van der Waals surface area contributed by atoms with Crippen molar-refractivity contribution < 1.29 is 19.1 Å². The van der Waals surface area contributed by atoms with E-state index in [4.69, 9.17) is 4.74 Å². The Bertz CT molecular complexity index is 1400. The number of carbonyl (C=O) groups excluding carboxylic acids is 3. The first kappa shape index (κ1) is 20.8. The molecule has 6 rings (SSSR count). The zero-order valence-corrected chi connectivity index (χ0v) is 19.2. The fourth-order valence-corrected chi connectivity index (χ4v) is 6.68. The molecule has 3 aliphatic rings. The lowest BCUT2D eigenvalue weighted by molar-refractivity contribution is -0.156. The maximum Gasteiger partial charge on any atom is 0.311 e. The zero-order chi connectivity index (χ0) is 23.6. The number of hydrogen-bond acceptors (Lipinski definition) is 4. The highest BCUT2D eigenvalue weighted by molar-refractivity contribution is 6.18. The van der Waals surface area contributed by atoms with Crippen molar-refractivity contribution in [2.24, 2.45) is 17.8 Å². The van der Waals surface area contributed by atoms with Crippen LogP contribution in [-0.2, 0) is 24.5 Å². The van der Waals surface area contributed by atoms with E-state index in [1.54, 1.807) is 18.9 Å². The first-order valence-corrected chi connectivity index (χ1v) is 11.8. The number of hydrogen-bond donors (Lipinski definition) is 0. The summed E-state index contributed by atoms with van der Waals surface area (Å²) >= 11 is 0. The predicted molar refractivity (Wildman–Crippen MR) is 130 cm³/mol. The lowest BCUT2D eigenvalue weighted by Gasteiger charge is -2.39. The van der Waals surface area contributed by atoms with Crippen molar-refractivity contribution in [3.05, 3.63) is 83.4 Å². The molecule has 1 spiro atoms. The van der Waals surface area contributed by atoms with Gasteiger partial charge in [0, 0.05) is 30.1 Å². The smallest absolute Gasteiger partial charge is 0.311 e. The Hall–Kier alpha value is -3.73. The SMILES string of the molecule is CCOC(=O)[C@@H]1[C@@H]2C[C@@H](/C(=C\c3cccc4ccccc34)C2=O)[C@@]12C(=O)N(C)c1ccccc12. The molecule has 0 aromatic heterocycles.